The van der Waals surface area contributed by atoms with Crippen LogP contribution in [0.3, 0.4) is 0 Å². The molecule has 0 aliphatic carbocycles. The third-order valence-electron chi connectivity index (χ3n) is 1.71. The summed E-state index contributed by atoms with van der Waals surface area (Å²) in [6, 6.07) is 1.55. The van der Waals surface area contributed by atoms with Crippen molar-refractivity contribution in [2.75, 3.05) is 0 Å². The minimum absolute atomic E-state index is 0.224. The van der Waals surface area contributed by atoms with Crippen LogP contribution in [0.15, 0.2) is 23.6 Å². The Hall–Kier alpha value is -1.62. The summed E-state index contributed by atoms with van der Waals surface area (Å²) in [4.78, 5) is 22.0. The third-order valence-corrected chi connectivity index (χ3v) is 2.67. The molecule has 0 aliphatic rings. The fourth-order valence-electron chi connectivity index (χ4n) is 0.914. The molecule has 15 heavy (non-hydrogen) atoms. The molecule has 2 N–H and O–H groups in total. The Balaban J connectivity index is 2.55. The first-order valence-corrected chi connectivity index (χ1v) is 5.13. The summed E-state index contributed by atoms with van der Waals surface area (Å²) in [5.41, 5.74) is 1.22. The Morgan fingerprint density at radius 3 is 2.73 bits per heavy atom. The van der Waals surface area contributed by atoms with Gasteiger partial charge in [-0.15, -0.1) is 11.3 Å². The van der Waals surface area contributed by atoms with Crippen molar-refractivity contribution in [1.29, 1.82) is 0 Å². The van der Waals surface area contributed by atoms with Gasteiger partial charge in [-0.2, -0.15) is 0 Å². The largest absolute Gasteiger partial charge is 0.477 e. The molecular weight excluding hydrogens is 214 g/mol. The van der Waals surface area contributed by atoms with Crippen LogP contribution in [0.4, 0.5) is 0 Å². The van der Waals surface area contributed by atoms with E-state index in [9.17, 15) is 9.59 Å². The standard InChI is InChI=1S/C10H11NO3S/c1-6(2)9(12)11-4-7-3-8(10(13)14)15-5-7/h3,5H,1,4H2,2H3,(H,11,12)(H,13,14). The van der Waals surface area contributed by atoms with Crippen LogP contribution < -0.4 is 5.32 Å². The van der Waals surface area contributed by atoms with Crippen molar-refractivity contribution in [3.8, 4) is 0 Å². The van der Waals surface area contributed by atoms with Crippen molar-refractivity contribution < 1.29 is 14.7 Å². The van der Waals surface area contributed by atoms with E-state index in [-0.39, 0.29) is 10.8 Å². The molecule has 0 aromatic carbocycles. The summed E-state index contributed by atoms with van der Waals surface area (Å²) in [7, 11) is 0. The number of carbonyl (C=O) groups excluding carboxylic acids is 1. The molecule has 0 saturated carbocycles. The minimum Gasteiger partial charge on any atom is -0.477 e. The molecular formula is C10H11NO3S. The average molecular weight is 225 g/mol. The van der Waals surface area contributed by atoms with E-state index in [2.05, 4.69) is 11.9 Å². The van der Waals surface area contributed by atoms with Gasteiger partial charge in [0.2, 0.25) is 5.91 Å². The molecule has 1 aromatic heterocycles. The molecule has 0 unspecified atom stereocenters. The molecule has 1 heterocycles. The van der Waals surface area contributed by atoms with E-state index in [1.807, 2.05) is 0 Å². The lowest BCUT2D eigenvalue weighted by Crippen LogP contribution is -2.22. The van der Waals surface area contributed by atoms with Gasteiger partial charge in [0.05, 0.1) is 0 Å². The van der Waals surface area contributed by atoms with Crippen LogP contribution in [0, 0.1) is 0 Å². The van der Waals surface area contributed by atoms with E-state index in [1.165, 1.54) is 0 Å². The molecule has 0 bridgehead atoms. The summed E-state index contributed by atoms with van der Waals surface area (Å²) in [6.45, 7) is 5.44. The number of carbonyl (C=O) groups is 2. The maximum atomic E-state index is 11.1. The number of carboxylic acids is 1. The van der Waals surface area contributed by atoms with Crippen LogP contribution in [-0.4, -0.2) is 17.0 Å². The molecule has 0 fully saturated rings. The Morgan fingerprint density at radius 2 is 2.27 bits per heavy atom. The maximum Gasteiger partial charge on any atom is 0.345 e. The van der Waals surface area contributed by atoms with Gasteiger partial charge in [-0.1, -0.05) is 6.58 Å². The molecule has 80 valence electrons. The van der Waals surface area contributed by atoms with Gasteiger partial charge in [0.25, 0.3) is 0 Å². The SMILES string of the molecule is C=C(C)C(=O)NCc1csc(C(=O)O)c1. The van der Waals surface area contributed by atoms with E-state index in [1.54, 1.807) is 18.4 Å². The van der Waals surface area contributed by atoms with Gasteiger partial charge in [-0.25, -0.2) is 4.79 Å². The van der Waals surface area contributed by atoms with E-state index < -0.39 is 5.97 Å². The van der Waals surface area contributed by atoms with Crippen LogP contribution in [0.1, 0.15) is 22.2 Å². The molecule has 1 rings (SSSR count). The molecule has 0 aliphatic heterocycles. The summed E-state index contributed by atoms with van der Waals surface area (Å²) >= 11 is 1.14. The smallest absolute Gasteiger partial charge is 0.345 e. The number of thiophene rings is 1. The highest BCUT2D eigenvalue weighted by molar-refractivity contribution is 7.12. The summed E-state index contributed by atoms with van der Waals surface area (Å²) < 4.78 is 0. The maximum absolute atomic E-state index is 11.1. The van der Waals surface area contributed by atoms with Crippen molar-refractivity contribution in [2.45, 2.75) is 13.5 Å². The minimum atomic E-state index is -0.947. The number of rotatable bonds is 4. The molecule has 0 spiro atoms. The first kappa shape index (κ1) is 11.5. The van der Waals surface area contributed by atoms with Gasteiger partial charge >= 0.3 is 5.97 Å². The molecule has 4 nitrogen and oxygen atoms in total. The highest BCUT2D eigenvalue weighted by atomic mass is 32.1. The van der Waals surface area contributed by atoms with Gasteiger partial charge < -0.3 is 10.4 Å². The number of nitrogens with one attached hydrogen (secondary N) is 1. The number of carboxylic acid groups (broad SMARTS) is 1. The van der Waals surface area contributed by atoms with Crippen LogP contribution in [0.5, 0.6) is 0 Å². The Morgan fingerprint density at radius 1 is 1.60 bits per heavy atom. The lowest BCUT2D eigenvalue weighted by molar-refractivity contribution is -0.117. The highest BCUT2D eigenvalue weighted by Gasteiger charge is 2.07. The predicted molar refractivity (Wildman–Crippen MR) is 57.9 cm³/mol. The highest BCUT2D eigenvalue weighted by Crippen LogP contribution is 2.14. The van der Waals surface area contributed by atoms with Crippen LogP contribution in [-0.2, 0) is 11.3 Å². The van der Waals surface area contributed by atoms with Gasteiger partial charge in [-0.3, -0.25) is 4.79 Å². The normalized spacial score (nSPS) is 9.67. The molecule has 0 atom stereocenters. The lowest BCUT2D eigenvalue weighted by Gasteiger charge is -2.01. The van der Waals surface area contributed by atoms with Crippen LogP contribution in [0.2, 0.25) is 0 Å². The fraction of sp³-hybridized carbons (Fsp3) is 0.200. The molecule has 1 amide bonds. The molecule has 5 heteroatoms. The Kier molecular flexibility index (Phi) is 3.62. The zero-order valence-corrected chi connectivity index (χ0v) is 9.06. The van der Waals surface area contributed by atoms with Gasteiger partial charge in [0.15, 0.2) is 0 Å². The first-order valence-electron chi connectivity index (χ1n) is 4.25. The van der Waals surface area contributed by atoms with E-state index in [4.69, 9.17) is 5.11 Å². The number of aromatic carboxylic acids is 1. The second kappa shape index (κ2) is 4.75. The summed E-state index contributed by atoms with van der Waals surface area (Å²) in [5, 5.41) is 13.0. The summed E-state index contributed by atoms with van der Waals surface area (Å²) in [5.74, 6) is -1.17. The van der Waals surface area contributed by atoms with Crippen molar-refractivity contribution in [2.24, 2.45) is 0 Å². The average Bonchev–Trinajstić information content (AvgIpc) is 2.62. The molecule has 0 saturated heterocycles. The third kappa shape index (κ3) is 3.21. The lowest BCUT2D eigenvalue weighted by atomic mass is 10.3. The molecule has 0 radical (unpaired) electrons. The fourth-order valence-corrected chi connectivity index (χ4v) is 1.66. The number of hydrogen-bond acceptors (Lipinski definition) is 3. The monoisotopic (exact) mass is 225 g/mol. The van der Waals surface area contributed by atoms with Gasteiger partial charge in [0, 0.05) is 12.1 Å². The predicted octanol–water partition coefficient (Wildman–Crippen LogP) is 1.64. The van der Waals surface area contributed by atoms with Crippen molar-refractivity contribution in [1.82, 2.24) is 5.32 Å². The van der Waals surface area contributed by atoms with Crippen LogP contribution >= 0.6 is 11.3 Å². The van der Waals surface area contributed by atoms with Crippen LogP contribution in [0.25, 0.3) is 0 Å². The topological polar surface area (TPSA) is 66.4 Å². The number of amides is 1. The number of hydrogen-bond donors (Lipinski definition) is 2. The second-order valence-corrected chi connectivity index (χ2v) is 4.00. The molecule has 1 aromatic rings. The zero-order valence-electron chi connectivity index (χ0n) is 8.24. The van der Waals surface area contributed by atoms with Gasteiger partial charge in [0.1, 0.15) is 4.88 Å². The summed E-state index contributed by atoms with van der Waals surface area (Å²) in [6.07, 6.45) is 0. The van der Waals surface area contributed by atoms with Crippen molar-refractivity contribution in [3.63, 3.8) is 0 Å². The van der Waals surface area contributed by atoms with Crippen molar-refractivity contribution >= 4 is 23.2 Å². The first-order chi connectivity index (χ1) is 7.00. The van der Waals surface area contributed by atoms with Gasteiger partial charge in [-0.05, 0) is 23.9 Å². The zero-order chi connectivity index (χ0) is 11.4. The Labute approximate surface area is 91.2 Å². The van der Waals surface area contributed by atoms with E-state index in [0.717, 1.165) is 16.9 Å². The second-order valence-electron chi connectivity index (χ2n) is 3.09. The van der Waals surface area contributed by atoms with E-state index >= 15 is 0 Å². The Bertz CT molecular complexity index is 409. The van der Waals surface area contributed by atoms with Crippen molar-refractivity contribution in [3.05, 3.63) is 34.0 Å². The van der Waals surface area contributed by atoms with E-state index in [0.29, 0.717) is 12.1 Å². The quantitative estimate of drug-likeness (QED) is 0.765.